The summed E-state index contributed by atoms with van der Waals surface area (Å²) < 4.78 is 18.9. The highest BCUT2D eigenvalue weighted by atomic mass is 19.1. The van der Waals surface area contributed by atoms with Gasteiger partial charge in [0.2, 0.25) is 0 Å². The Hall–Kier alpha value is -2.73. The van der Waals surface area contributed by atoms with E-state index in [-0.39, 0.29) is 30.2 Å². The zero-order valence-corrected chi connectivity index (χ0v) is 15.2. The van der Waals surface area contributed by atoms with E-state index in [0.29, 0.717) is 17.9 Å². The van der Waals surface area contributed by atoms with Gasteiger partial charge in [0.25, 0.3) is 5.91 Å². The van der Waals surface area contributed by atoms with Crippen molar-refractivity contribution in [3.63, 3.8) is 0 Å². The maximum atomic E-state index is 13.4. The van der Waals surface area contributed by atoms with E-state index < -0.39 is 0 Å². The van der Waals surface area contributed by atoms with Crippen LogP contribution in [0.2, 0.25) is 0 Å². The van der Waals surface area contributed by atoms with Crippen molar-refractivity contribution in [3.8, 4) is 5.75 Å². The highest BCUT2D eigenvalue weighted by Gasteiger charge is 2.16. The first-order chi connectivity index (χ1) is 12.4. The first-order valence-electron chi connectivity index (χ1n) is 8.29. The number of hydrogen-bond acceptors (Lipinski definition) is 4. The fourth-order valence-electron chi connectivity index (χ4n) is 2.53. The molecule has 0 aliphatic carbocycles. The van der Waals surface area contributed by atoms with Crippen LogP contribution in [0, 0.1) is 5.82 Å². The van der Waals surface area contributed by atoms with E-state index in [1.165, 1.54) is 19.1 Å². The van der Waals surface area contributed by atoms with E-state index in [9.17, 15) is 14.0 Å². The van der Waals surface area contributed by atoms with Crippen molar-refractivity contribution in [2.24, 2.45) is 0 Å². The molecular formula is C20H23FN2O3. The number of Topliss-reactive ketones (excluding diaryl/α,β-unsaturated/α-hetero) is 1. The Labute approximate surface area is 152 Å². The highest BCUT2D eigenvalue weighted by molar-refractivity contribution is 5.94. The number of ether oxygens (including phenoxy) is 1. The summed E-state index contributed by atoms with van der Waals surface area (Å²) in [5.41, 5.74) is 1.31. The van der Waals surface area contributed by atoms with Crippen LogP contribution in [0.1, 0.15) is 28.9 Å². The van der Waals surface area contributed by atoms with Gasteiger partial charge in [-0.1, -0.05) is 24.3 Å². The molecule has 6 heteroatoms. The van der Waals surface area contributed by atoms with Crippen molar-refractivity contribution in [3.05, 3.63) is 65.5 Å². The molecule has 0 saturated heterocycles. The third-order valence-electron chi connectivity index (χ3n) is 3.96. The minimum absolute atomic E-state index is 0.0659. The molecule has 2 rings (SSSR count). The minimum atomic E-state index is -0.311. The second kappa shape index (κ2) is 9.10. The molecule has 0 heterocycles. The van der Waals surface area contributed by atoms with E-state index in [0.717, 1.165) is 5.56 Å². The van der Waals surface area contributed by atoms with Crippen molar-refractivity contribution in [2.45, 2.75) is 13.0 Å². The number of nitrogens with zero attached hydrogens (tertiary/aromatic N) is 1. The van der Waals surface area contributed by atoms with Gasteiger partial charge in [-0.25, -0.2) is 4.39 Å². The molecule has 1 atom stereocenters. The summed E-state index contributed by atoms with van der Waals surface area (Å²) in [4.78, 5) is 25.3. The fraction of sp³-hybridized carbons (Fsp3) is 0.300. The van der Waals surface area contributed by atoms with E-state index >= 15 is 0 Å². The van der Waals surface area contributed by atoms with Crippen LogP contribution in [0.5, 0.6) is 5.75 Å². The number of carbonyl (C=O) groups is 2. The van der Waals surface area contributed by atoms with E-state index in [1.54, 1.807) is 30.3 Å². The fourth-order valence-corrected chi connectivity index (χ4v) is 2.53. The van der Waals surface area contributed by atoms with Gasteiger partial charge in [0, 0.05) is 12.1 Å². The molecule has 138 valence electrons. The summed E-state index contributed by atoms with van der Waals surface area (Å²) in [7, 11) is 3.73. The number of amides is 1. The SMILES string of the molecule is CC(=O)c1cccc(OCC(=O)NCC(c2cccc(F)c2)N(C)C)c1. The van der Waals surface area contributed by atoms with E-state index in [4.69, 9.17) is 4.74 Å². The third kappa shape index (κ3) is 5.67. The van der Waals surface area contributed by atoms with Gasteiger partial charge in [-0.2, -0.15) is 0 Å². The first-order valence-corrected chi connectivity index (χ1v) is 8.29. The molecule has 5 nitrogen and oxygen atoms in total. The van der Waals surface area contributed by atoms with E-state index in [2.05, 4.69) is 5.32 Å². The van der Waals surface area contributed by atoms with Crippen molar-refractivity contribution in [1.29, 1.82) is 0 Å². The van der Waals surface area contributed by atoms with Crippen molar-refractivity contribution in [1.82, 2.24) is 10.2 Å². The average molecular weight is 358 g/mol. The van der Waals surface area contributed by atoms with Crippen LogP contribution in [0.3, 0.4) is 0 Å². The molecule has 2 aromatic rings. The summed E-state index contributed by atoms with van der Waals surface area (Å²) >= 11 is 0. The number of nitrogens with one attached hydrogen (secondary N) is 1. The molecule has 0 aliphatic heterocycles. The number of hydrogen-bond donors (Lipinski definition) is 1. The second-order valence-electron chi connectivity index (χ2n) is 6.21. The lowest BCUT2D eigenvalue weighted by Crippen LogP contribution is -2.36. The van der Waals surface area contributed by atoms with Gasteiger partial charge in [0.05, 0.1) is 6.04 Å². The predicted molar refractivity (Wildman–Crippen MR) is 97.8 cm³/mol. The van der Waals surface area contributed by atoms with E-state index in [1.807, 2.05) is 25.1 Å². The van der Waals surface area contributed by atoms with Gasteiger partial charge in [-0.3, -0.25) is 9.59 Å². The standard InChI is InChI=1S/C20H23FN2O3/c1-14(24)15-6-5-9-18(11-15)26-13-20(25)22-12-19(23(2)3)16-7-4-8-17(21)10-16/h4-11,19H,12-13H2,1-3H3,(H,22,25). The molecule has 2 aromatic carbocycles. The molecule has 0 spiro atoms. The topological polar surface area (TPSA) is 58.6 Å². The average Bonchev–Trinajstić information content (AvgIpc) is 2.60. The summed E-state index contributed by atoms with van der Waals surface area (Å²) in [6.45, 7) is 1.64. The Bertz CT molecular complexity index is 777. The highest BCUT2D eigenvalue weighted by Crippen LogP contribution is 2.18. The predicted octanol–water partition coefficient (Wildman–Crippen LogP) is 2.83. The minimum Gasteiger partial charge on any atom is -0.484 e. The van der Waals surface area contributed by atoms with Crippen LogP contribution in [-0.4, -0.2) is 43.8 Å². The van der Waals surface area contributed by atoms with Crippen molar-refractivity contribution >= 4 is 11.7 Å². The second-order valence-corrected chi connectivity index (χ2v) is 6.21. The molecule has 0 bridgehead atoms. The molecule has 0 aromatic heterocycles. The smallest absolute Gasteiger partial charge is 0.258 e. The molecule has 1 amide bonds. The maximum absolute atomic E-state index is 13.4. The number of benzene rings is 2. The molecule has 26 heavy (non-hydrogen) atoms. The maximum Gasteiger partial charge on any atom is 0.258 e. The number of likely N-dealkylation sites (N-methyl/N-ethyl adjacent to an activating group) is 1. The normalized spacial score (nSPS) is 11.9. The van der Waals surface area contributed by atoms with Crippen LogP contribution in [0.25, 0.3) is 0 Å². The number of halogens is 1. The molecule has 0 aliphatic rings. The summed E-state index contributed by atoms with van der Waals surface area (Å²) in [6, 6.07) is 12.8. The molecule has 1 unspecified atom stereocenters. The third-order valence-corrected chi connectivity index (χ3v) is 3.96. The number of carbonyl (C=O) groups excluding carboxylic acids is 2. The van der Waals surface area contributed by atoms with Crippen LogP contribution in [0.15, 0.2) is 48.5 Å². The van der Waals surface area contributed by atoms with Gasteiger partial charge < -0.3 is 15.0 Å². The molecule has 0 saturated carbocycles. The zero-order chi connectivity index (χ0) is 19.1. The Balaban J connectivity index is 1.90. The quantitative estimate of drug-likeness (QED) is 0.737. The van der Waals surface area contributed by atoms with Gasteiger partial charge >= 0.3 is 0 Å². The zero-order valence-electron chi connectivity index (χ0n) is 15.2. The number of ketones is 1. The largest absolute Gasteiger partial charge is 0.484 e. The number of rotatable bonds is 8. The Kier molecular flexibility index (Phi) is 6.86. The van der Waals surface area contributed by atoms with Crippen LogP contribution >= 0.6 is 0 Å². The van der Waals surface area contributed by atoms with Crippen LogP contribution < -0.4 is 10.1 Å². The Morgan fingerprint density at radius 1 is 1.15 bits per heavy atom. The van der Waals surface area contributed by atoms with Crippen molar-refractivity contribution in [2.75, 3.05) is 27.2 Å². The summed E-state index contributed by atoms with van der Waals surface area (Å²) in [5.74, 6) is -0.207. The van der Waals surface area contributed by atoms with Gasteiger partial charge in [-0.15, -0.1) is 0 Å². The molecule has 0 fully saturated rings. The van der Waals surface area contributed by atoms with Crippen molar-refractivity contribution < 1.29 is 18.7 Å². The molecule has 0 radical (unpaired) electrons. The lowest BCUT2D eigenvalue weighted by atomic mass is 10.1. The first kappa shape index (κ1) is 19.6. The Morgan fingerprint density at radius 2 is 1.88 bits per heavy atom. The summed E-state index contributed by atoms with van der Waals surface area (Å²) in [6.07, 6.45) is 0. The van der Waals surface area contributed by atoms with Crippen LogP contribution in [-0.2, 0) is 4.79 Å². The van der Waals surface area contributed by atoms with Gasteiger partial charge in [-0.05, 0) is 50.8 Å². The Morgan fingerprint density at radius 3 is 2.54 bits per heavy atom. The van der Waals surface area contributed by atoms with Crippen LogP contribution in [0.4, 0.5) is 4.39 Å². The lowest BCUT2D eigenvalue weighted by Gasteiger charge is -2.25. The molecule has 1 N–H and O–H groups in total. The van der Waals surface area contributed by atoms with Gasteiger partial charge in [0.15, 0.2) is 12.4 Å². The van der Waals surface area contributed by atoms with Gasteiger partial charge in [0.1, 0.15) is 11.6 Å². The monoisotopic (exact) mass is 358 g/mol. The summed E-state index contributed by atoms with van der Waals surface area (Å²) in [5, 5.41) is 2.79. The lowest BCUT2D eigenvalue weighted by molar-refractivity contribution is -0.123. The molecular weight excluding hydrogens is 335 g/mol.